The molecule has 0 radical (unpaired) electrons. The first-order valence-corrected chi connectivity index (χ1v) is 7.13. The fourth-order valence-electron chi connectivity index (χ4n) is 3.66. The molecule has 2 fully saturated rings. The minimum absolute atomic E-state index is 0.386. The van der Waals surface area contributed by atoms with Gasteiger partial charge in [-0.15, -0.1) is 0 Å². The number of rotatable bonds is 2. The van der Waals surface area contributed by atoms with Gasteiger partial charge in [0.05, 0.1) is 0 Å². The predicted octanol–water partition coefficient (Wildman–Crippen LogP) is 2.78. The smallest absolute Gasteiger partial charge is 0.0331 e. The summed E-state index contributed by atoms with van der Waals surface area (Å²) in [6, 6.07) is 0. The molecule has 16 heavy (non-hydrogen) atoms. The van der Waals surface area contributed by atoms with Crippen LogP contribution in [0, 0.1) is 0 Å². The Bertz CT molecular complexity index is 227. The summed E-state index contributed by atoms with van der Waals surface area (Å²) in [6.07, 6.45) is 9.62. The van der Waals surface area contributed by atoms with Crippen molar-refractivity contribution in [2.75, 3.05) is 20.1 Å². The largest absolute Gasteiger partial charge is 0.308 e. The Balaban J connectivity index is 2.06. The van der Waals surface area contributed by atoms with E-state index in [1.54, 1.807) is 0 Å². The molecule has 0 bridgehead atoms. The summed E-state index contributed by atoms with van der Waals surface area (Å²) < 4.78 is 0. The SMILES string of the molecule is CCC1(CC)CN(C)C2(CCCCC2)CN1. The van der Waals surface area contributed by atoms with Gasteiger partial charge in [-0.1, -0.05) is 33.1 Å². The lowest BCUT2D eigenvalue weighted by Crippen LogP contribution is -2.69. The van der Waals surface area contributed by atoms with E-state index in [0.29, 0.717) is 11.1 Å². The molecule has 0 aromatic heterocycles. The summed E-state index contributed by atoms with van der Waals surface area (Å²) in [5.41, 5.74) is 0.879. The number of hydrogen-bond acceptors (Lipinski definition) is 2. The van der Waals surface area contributed by atoms with Gasteiger partial charge in [-0.3, -0.25) is 4.90 Å². The lowest BCUT2D eigenvalue weighted by atomic mass is 9.76. The first-order valence-electron chi connectivity index (χ1n) is 7.13. The van der Waals surface area contributed by atoms with Crippen LogP contribution in [-0.4, -0.2) is 36.1 Å². The zero-order valence-corrected chi connectivity index (χ0v) is 11.3. The lowest BCUT2D eigenvalue weighted by molar-refractivity contribution is -0.00259. The third-order valence-electron chi connectivity index (χ3n) is 5.28. The third kappa shape index (κ3) is 2.02. The molecule has 0 aromatic rings. The van der Waals surface area contributed by atoms with Crippen molar-refractivity contribution in [3.8, 4) is 0 Å². The van der Waals surface area contributed by atoms with Gasteiger partial charge in [0.15, 0.2) is 0 Å². The van der Waals surface area contributed by atoms with E-state index in [1.165, 1.54) is 58.0 Å². The highest BCUT2D eigenvalue weighted by molar-refractivity contribution is 5.04. The molecule has 1 N–H and O–H groups in total. The number of piperazine rings is 1. The molecular formula is C14H28N2. The van der Waals surface area contributed by atoms with E-state index in [9.17, 15) is 0 Å². The zero-order chi connectivity index (χ0) is 11.6. The molecule has 1 saturated heterocycles. The van der Waals surface area contributed by atoms with Crippen molar-refractivity contribution < 1.29 is 0 Å². The molecule has 0 amide bonds. The maximum atomic E-state index is 3.88. The van der Waals surface area contributed by atoms with Crippen molar-refractivity contribution in [2.45, 2.75) is 69.9 Å². The van der Waals surface area contributed by atoms with E-state index in [2.05, 4.69) is 31.1 Å². The minimum Gasteiger partial charge on any atom is -0.308 e. The minimum atomic E-state index is 0.386. The molecule has 0 atom stereocenters. The zero-order valence-electron chi connectivity index (χ0n) is 11.3. The second-order valence-corrected chi connectivity index (χ2v) is 5.98. The maximum Gasteiger partial charge on any atom is 0.0331 e. The van der Waals surface area contributed by atoms with Crippen LogP contribution in [0.25, 0.3) is 0 Å². The molecule has 2 rings (SSSR count). The van der Waals surface area contributed by atoms with E-state index in [4.69, 9.17) is 0 Å². The lowest BCUT2D eigenvalue weighted by Gasteiger charge is -2.55. The van der Waals surface area contributed by atoms with Crippen molar-refractivity contribution in [2.24, 2.45) is 0 Å². The van der Waals surface area contributed by atoms with Crippen LogP contribution in [0.1, 0.15) is 58.8 Å². The highest BCUT2D eigenvalue weighted by Crippen LogP contribution is 2.37. The van der Waals surface area contributed by atoms with Crippen molar-refractivity contribution in [1.82, 2.24) is 10.2 Å². The molecule has 94 valence electrons. The normalized spacial score (nSPS) is 29.4. The van der Waals surface area contributed by atoms with Crippen LogP contribution in [0.15, 0.2) is 0 Å². The molecule has 2 nitrogen and oxygen atoms in total. The van der Waals surface area contributed by atoms with E-state index in [1.807, 2.05) is 0 Å². The predicted molar refractivity (Wildman–Crippen MR) is 69.8 cm³/mol. The molecule has 2 aliphatic rings. The Hall–Kier alpha value is -0.0800. The molecule has 1 aliphatic carbocycles. The van der Waals surface area contributed by atoms with Crippen LogP contribution in [0.5, 0.6) is 0 Å². The Morgan fingerprint density at radius 1 is 1.06 bits per heavy atom. The van der Waals surface area contributed by atoms with Crippen LogP contribution in [-0.2, 0) is 0 Å². The Labute approximate surface area is 101 Å². The van der Waals surface area contributed by atoms with Gasteiger partial charge in [-0.25, -0.2) is 0 Å². The van der Waals surface area contributed by atoms with Gasteiger partial charge in [0.2, 0.25) is 0 Å². The summed E-state index contributed by atoms with van der Waals surface area (Å²) >= 11 is 0. The summed E-state index contributed by atoms with van der Waals surface area (Å²) in [4.78, 5) is 2.68. The van der Waals surface area contributed by atoms with Crippen molar-refractivity contribution >= 4 is 0 Å². The van der Waals surface area contributed by atoms with Crippen LogP contribution < -0.4 is 5.32 Å². The molecular weight excluding hydrogens is 196 g/mol. The number of nitrogens with one attached hydrogen (secondary N) is 1. The summed E-state index contributed by atoms with van der Waals surface area (Å²) in [7, 11) is 2.35. The highest BCUT2D eigenvalue weighted by Gasteiger charge is 2.44. The van der Waals surface area contributed by atoms with Gasteiger partial charge in [0.25, 0.3) is 0 Å². The standard InChI is InChI=1S/C14H28N2/c1-4-13(5-2)12-16(3)14(11-15-13)9-7-6-8-10-14/h15H,4-12H2,1-3H3. The van der Waals surface area contributed by atoms with E-state index >= 15 is 0 Å². The Kier molecular flexibility index (Phi) is 3.60. The van der Waals surface area contributed by atoms with E-state index in [-0.39, 0.29) is 0 Å². The maximum absolute atomic E-state index is 3.88. The fraction of sp³-hybridized carbons (Fsp3) is 1.00. The molecule has 1 saturated carbocycles. The van der Waals surface area contributed by atoms with Crippen LogP contribution in [0.2, 0.25) is 0 Å². The average molecular weight is 224 g/mol. The van der Waals surface area contributed by atoms with Crippen LogP contribution in [0.3, 0.4) is 0 Å². The topological polar surface area (TPSA) is 15.3 Å². The third-order valence-corrected chi connectivity index (χ3v) is 5.28. The average Bonchev–Trinajstić information content (AvgIpc) is 2.35. The molecule has 1 spiro atoms. The van der Waals surface area contributed by atoms with Crippen molar-refractivity contribution in [3.63, 3.8) is 0 Å². The van der Waals surface area contributed by atoms with Crippen molar-refractivity contribution in [1.29, 1.82) is 0 Å². The number of nitrogens with zero attached hydrogens (tertiary/aromatic N) is 1. The van der Waals surface area contributed by atoms with E-state index in [0.717, 1.165) is 0 Å². The first-order chi connectivity index (χ1) is 7.66. The summed E-state index contributed by atoms with van der Waals surface area (Å²) in [5.74, 6) is 0. The molecule has 0 unspecified atom stereocenters. The Morgan fingerprint density at radius 3 is 2.19 bits per heavy atom. The van der Waals surface area contributed by atoms with E-state index < -0.39 is 0 Å². The molecule has 1 heterocycles. The Morgan fingerprint density at radius 2 is 1.69 bits per heavy atom. The fourth-order valence-corrected chi connectivity index (χ4v) is 3.66. The van der Waals surface area contributed by atoms with Crippen LogP contribution in [0.4, 0.5) is 0 Å². The quantitative estimate of drug-likeness (QED) is 0.776. The van der Waals surface area contributed by atoms with Crippen molar-refractivity contribution in [3.05, 3.63) is 0 Å². The molecule has 1 aliphatic heterocycles. The van der Waals surface area contributed by atoms with Crippen LogP contribution >= 0.6 is 0 Å². The van der Waals surface area contributed by atoms with Gasteiger partial charge < -0.3 is 5.32 Å². The molecule has 2 heteroatoms. The second-order valence-electron chi connectivity index (χ2n) is 5.98. The second kappa shape index (κ2) is 4.66. The number of hydrogen-bond donors (Lipinski definition) is 1. The number of likely N-dealkylation sites (N-methyl/N-ethyl adjacent to an activating group) is 1. The van der Waals surface area contributed by atoms with Gasteiger partial charge in [-0.05, 0) is 32.7 Å². The highest BCUT2D eigenvalue weighted by atomic mass is 15.3. The summed E-state index contributed by atoms with van der Waals surface area (Å²) in [5, 5.41) is 3.88. The van der Waals surface area contributed by atoms with Gasteiger partial charge in [0.1, 0.15) is 0 Å². The first kappa shape index (κ1) is 12.4. The van der Waals surface area contributed by atoms with Gasteiger partial charge in [0, 0.05) is 24.2 Å². The summed E-state index contributed by atoms with van der Waals surface area (Å²) in [6.45, 7) is 7.09. The van der Waals surface area contributed by atoms with Gasteiger partial charge in [-0.2, -0.15) is 0 Å². The monoisotopic (exact) mass is 224 g/mol. The van der Waals surface area contributed by atoms with Gasteiger partial charge >= 0.3 is 0 Å². The molecule has 0 aromatic carbocycles.